The molecule has 0 aliphatic carbocycles. The van der Waals surface area contributed by atoms with Crippen LogP contribution in [-0.2, 0) is 0 Å². The van der Waals surface area contributed by atoms with E-state index < -0.39 is 17.9 Å². The lowest BCUT2D eigenvalue weighted by molar-refractivity contribution is 0.348. The molecule has 106 valence electrons. The number of rotatable bonds is 5. The summed E-state index contributed by atoms with van der Waals surface area (Å²) in [6.07, 6.45) is 8.84. The molecule has 0 amide bonds. The minimum absolute atomic E-state index is 0.552. The van der Waals surface area contributed by atoms with Crippen LogP contribution < -0.4 is 0 Å². The van der Waals surface area contributed by atoms with Crippen molar-refractivity contribution in [1.82, 2.24) is 9.13 Å². The highest BCUT2D eigenvalue weighted by Crippen LogP contribution is 2.17. The molecule has 2 saturated heterocycles. The zero-order valence-electron chi connectivity index (χ0n) is 12.5. The highest BCUT2D eigenvalue weighted by molar-refractivity contribution is 6.60. The van der Waals surface area contributed by atoms with E-state index in [0.29, 0.717) is 0 Å². The molecule has 0 radical (unpaired) electrons. The second-order valence-corrected chi connectivity index (χ2v) is 12.5. The zero-order chi connectivity index (χ0) is 12.8. The van der Waals surface area contributed by atoms with Gasteiger partial charge in [0.2, 0.25) is 0 Å². The highest BCUT2D eigenvalue weighted by atomic mass is 28.3. The Hall–Kier alpha value is 0.354. The van der Waals surface area contributed by atoms with Gasteiger partial charge in [0.15, 0.2) is 0 Å². The van der Waals surface area contributed by atoms with E-state index in [9.17, 15) is 0 Å². The van der Waals surface area contributed by atoms with Crippen molar-refractivity contribution in [2.24, 2.45) is 0 Å². The summed E-state index contributed by atoms with van der Waals surface area (Å²) in [5.74, 6) is 0. The normalized spacial score (nSPS) is 27.0. The summed E-state index contributed by atoms with van der Waals surface area (Å²) in [6.45, 7) is 10.9. The van der Waals surface area contributed by atoms with Gasteiger partial charge in [0, 0.05) is 0 Å². The molecule has 2 unspecified atom stereocenters. The first-order chi connectivity index (χ1) is 8.77. The maximum atomic E-state index is 2.88. The summed E-state index contributed by atoms with van der Waals surface area (Å²) in [5, 5.41) is 0. The van der Waals surface area contributed by atoms with Crippen LogP contribution in [0.4, 0.5) is 0 Å². The third-order valence-electron chi connectivity index (χ3n) is 5.03. The van der Waals surface area contributed by atoms with E-state index in [-0.39, 0.29) is 0 Å². The van der Waals surface area contributed by atoms with Gasteiger partial charge < -0.3 is 9.13 Å². The number of hydrogen-bond donors (Lipinski definition) is 0. The Bertz CT molecular complexity index is 202. The summed E-state index contributed by atoms with van der Waals surface area (Å²) in [6, 6.07) is 3.17. The molecule has 0 aromatic rings. The summed E-state index contributed by atoms with van der Waals surface area (Å²) >= 11 is 0. The maximum Gasteiger partial charge on any atom is 0.108 e. The molecule has 2 aliphatic heterocycles. The van der Waals surface area contributed by atoms with Crippen molar-refractivity contribution in [1.29, 1.82) is 0 Å². The van der Waals surface area contributed by atoms with E-state index in [4.69, 9.17) is 0 Å². The standard InChI is InChI=1S/C14H32N2Si2/c1-17(15-9-5-3-6-10-15)13-14-18(2)16-11-7-4-8-12-16/h17-18H,3-14H2,1-2H3. The molecule has 0 bridgehead atoms. The summed E-state index contributed by atoms with van der Waals surface area (Å²) in [5.41, 5.74) is 0. The molecular weight excluding hydrogens is 252 g/mol. The Labute approximate surface area is 117 Å². The maximum absolute atomic E-state index is 2.88. The van der Waals surface area contributed by atoms with Crippen molar-refractivity contribution in [3.05, 3.63) is 0 Å². The Morgan fingerprint density at radius 3 is 1.28 bits per heavy atom. The fraction of sp³-hybridized carbons (Fsp3) is 1.00. The average molecular weight is 285 g/mol. The first-order valence-corrected chi connectivity index (χ1v) is 13.2. The predicted octanol–water partition coefficient (Wildman–Crippen LogP) is 2.67. The highest BCUT2D eigenvalue weighted by Gasteiger charge is 2.22. The first kappa shape index (κ1) is 14.8. The minimum Gasteiger partial charge on any atom is -0.326 e. The van der Waals surface area contributed by atoms with Crippen molar-refractivity contribution in [3.8, 4) is 0 Å². The summed E-state index contributed by atoms with van der Waals surface area (Å²) < 4.78 is 5.75. The number of piperidine rings is 2. The molecule has 2 fully saturated rings. The zero-order valence-corrected chi connectivity index (χ0v) is 14.8. The van der Waals surface area contributed by atoms with Crippen LogP contribution in [0.3, 0.4) is 0 Å². The van der Waals surface area contributed by atoms with Crippen LogP contribution in [0.5, 0.6) is 0 Å². The second kappa shape index (κ2) is 7.83. The Morgan fingerprint density at radius 1 is 0.611 bits per heavy atom. The SMILES string of the molecule is C[SiH](CC[SiH](C)N1CCCCC1)N1CCCCC1. The van der Waals surface area contributed by atoms with Crippen LogP contribution in [0.1, 0.15) is 38.5 Å². The lowest BCUT2D eigenvalue weighted by Crippen LogP contribution is -2.44. The molecule has 0 aromatic heterocycles. The molecule has 0 saturated carbocycles. The molecule has 0 N–H and O–H groups in total. The lowest BCUT2D eigenvalue weighted by atomic mass is 10.2. The molecule has 0 aromatic carbocycles. The second-order valence-electron chi connectivity index (χ2n) is 6.47. The van der Waals surface area contributed by atoms with Crippen molar-refractivity contribution < 1.29 is 0 Å². The van der Waals surface area contributed by atoms with Gasteiger partial charge in [-0.15, -0.1) is 0 Å². The van der Waals surface area contributed by atoms with Crippen molar-refractivity contribution >= 4 is 17.9 Å². The molecule has 2 rings (SSSR count). The minimum atomic E-state index is -0.552. The molecule has 2 atom stereocenters. The fourth-order valence-electron chi connectivity index (χ4n) is 3.57. The summed E-state index contributed by atoms with van der Waals surface area (Å²) in [4.78, 5) is 0. The van der Waals surface area contributed by atoms with Crippen LogP contribution >= 0.6 is 0 Å². The van der Waals surface area contributed by atoms with Gasteiger partial charge in [-0.05, 0) is 64.0 Å². The topological polar surface area (TPSA) is 6.48 Å². The molecule has 2 aliphatic rings. The average Bonchev–Trinajstić information content (AvgIpc) is 2.46. The van der Waals surface area contributed by atoms with Crippen molar-refractivity contribution in [2.45, 2.75) is 63.7 Å². The van der Waals surface area contributed by atoms with Crippen molar-refractivity contribution in [2.75, 3.05) is 26.2 Å². The van der Waals surface area contributed by atoms with Gasteiger partial charge in [-0.1, -0.05) is 25.9 Å². The van der Waals surface area contributed by atoms with E-state index in [0.717, 1.165) is 0 Å². The van der Waals surface area contributed by atoms with Gasteiger partial charge in [-0.25, -0.2) is 0 Å². The Kier molecular flexibility index (Phi) is 6.42. The molecular formula is C14H32N2Si2. The Balaban J connectivity index is 1.66. The first-order valence-electron chi connectivity index (χ1n) is 8.25. The van der Waals surface area contributed by atoms with E-state index in [1.165, 1.54) is 64.7 Å². The van der Waals surface area contributed by atoms with Crippen LogP contribution in [0.15, 0.2) is 0 Å². The third-order valence-corrected chi connectivity index (χ3v) is 11.6. The van der Waals surface area contributed by atoms with E-state index in [1.54, 1.807) is 12.1 Å². The summed E-state index contributed by atoms with van der Waals surface area (Å²) in [7, 11) is -1.10. The van der Waals surface area contributed by atoms with E-state index in [2.05, 4.69) is 22.2 Å². The van der Waals surface area contributed by atoms with Gasteiger partial charge in [-0.3, -0.25) is 0 Å². The van der Waals surface area contributed by atoms with E-state index in [1.807, 2.05) is 0 Å². The monoisotopic (exact) mass is 284 g/mol. The van der Waals surface area contributed by atoms with Gasteiger partial charge in [-0.2, -0.15) is 0 Å². The lowest BCUT2D eigenvalue weighted by Gasteiger charge is -2.35. The fourth-order valence-corrected chi connectivity index (χ4v) is 10.6. The van der Waals surface area contributed by atoms with Crippen LogP contribution in [0, 0.1) is 0 Å². The predicted molar refractivity (Wildman–Crippen MR) is 86.5 cm³/mol. The van der Waals surface area contributed by atoms with Gasteiger partial charge in [0.25, 0.3) is 0 Å². The van der Waals surface area contributed by atoms with Gasteiger partial charge >= 0.3 is 0 Å². The molecule has 2 nitrogen and oxygen atoms in total. The third kappa shape index (κ3) is 4.47. The molecule has 0 spiro atoms. The largest absolute Gasteiger partial charge is 0.326 e. The van der Waals surface area contributed by atoms with Gasteiger partial charge in [0.05, 0.1) is 0 Å². The quantitative estimate of drug-likeness (QED) is 0.716. The van der Waals surface area contributed by atoms with Crippen molar-refractivity contribution in [3.63, 3.8) is 0 Å². The van der Waals surface area contributed by atoms with Crippen LogP contribution in [-0.4, -0.2) is 53.2 Å². The molecule has 2 heterocycles. The number of nitrogens with zero attached hydrogens (tertiary/aromatic N) is 2. The molecule has 18 heavy (non-hydrogen) atoms. The van der Waals surface area contributed by atoms with Crippen LogP contribution in [0.2, 0.25) is 25.2 Å². The Morgan fingerprint density at radius 2 is 0.944 bits per heavy atom. The van der Waals surface area contributed by atoms with Crippen LogP contribution in [0.25, 0.3) is 0 Å². The molecule has 4 heteroatoms. The number of hydrogen-bond acceptors (Lipinski definition) is 2. The van der Waals surface area contributed by atoms with Gasteiger partial charge in [0.1, 0.15) is 17.9 Å². The van der Waals surface area contributed by atoms with E-state index >= 15 is 0 Å². The smallest absolute Gasteiger partial charge is 0.108 e.